The van der Waals surface area contributed by atoms with Crippen LogP contribution in [-0.4, -0.2) is 29.9 Å². The number of rotatable bonds is 9. The molecule has 0 aliphatic rings. The smallest absolute Gasteiger partial charge is 0.230 e. The molecule has 0 aromatic heterocycles. The maximum absolute atomic E-state index is 11.8. The van der Waals surface area contributed by atoms with Gasteiger partial charge in [-0.3, -0.25) is 4.79 Å². The van der Waals surface area contributed by atoms with E-state index in [-0.39, 0.29) is 17.9 Å². The highest BCUT2D eigenvalue weighted by molar-refractivity contribution is 7.99. The minimum atomic E-state index is 0.0413. The lowest BCUT2D eigenvalue weighted by molar-refractivity contribution is -0.119. The van der Waals surface area contributed by atoms with Gasteiger partial charge < -0.3 is 10.4 Å². The van der Waals surface area contributed by atoms with Gasteiger partial charge in [0.1, 0.15) is 0 Å². The molecule has 1 rings (SSSR count). The van der Waals surface area contributed by atoms with Gasteiger partial charge in [-0.1, -0.05) is 43.7 Å². The molecular formula is C17H27NO2S. The Hall–Kier alpha value is -1.00. The molecule has 1 aromatic carbocycles. The lowest BCUT2D eigenvalue weighted by atomic mass is 9.88. The minimum Gasteiger partial charge on any atom is -0.396 e. The molecule has 0 bridgehead atoms. The van der Waals surface area contributed by atoms with Gasteiger partial charge in [0, 0.05) is 18.9 Å². The molecule has 2 N–H and O–H groups in total. The Balaban J connectivity index is 2.22. The Morgan fingerprint density at radius 2 is 2.14 bits per heavy atom. The van der Waals surface area contributed by atoms with Crippen LogP contribution in [0.1, 0.15) is 37.8 Å². The van der Waals surface area contributed by atoms with Crippen LogP contribution in [0.5, 0.6) is 0 Å². The molecule has 21 heavy (non-hydrogen) atoms. The van der Waals surface area contributed by atoms with Crippen molar-refractivity contribution >= 4 is 17.7 Å². The number of amides is 1. The van der Waals surface area contributed by atoms with Crippen molar-refractivity contribution in [3.05, 3.63) is 35.4 Å². The van der Waals surface area contributed by atoms with Gasteiger partial charge in [0.15, 0.2) is 0 Å². The van der Waals surface area contributed by atoms with E-state index < -0.39 is 0 Å². The molecule has 0 saturated carbocycles. The van der Waals surface area contributed by atoms with E-state index in [2.05, 4.69) is 50.4 Å². The van der Waals surface area contributed by atoms with Crippen LogP contribution in [0, 0.1) is 12.3 Å². The summed E-state index contributed by atoms with van der Waals surface area (Å²) in [5.41, 5.74) is 2.55. The molecule has 0 atom stereocenters. The van der Waals surface area contributed by atoms with Crippen molar-refractivity contribution in [1.82, 2.24) is 5.32 Å². The third-order valence-corrected chi connectivity index (χ3v) is 4.36. The van der Waals surface area contributed by atoms with Crippen molar-refractivity contribution in [3.63, 3.8) is 0 Å². The van der Waals surface area contributed by atoms with Crippen LogP contribution >= 0.6 is 11.8 Å². The number of thioether (sulfide) groups is 1. The fourth-order valence-corrected chi connectivity index (χ4v) is 2.90. The normalized spacial score (nSPS) is 11.4. The summed E-state index contributed by atoms with van der Waals surface area (Å²) >= 11 is 1.64. The van der Waals surface area contributed by atoms with E-state index >= 15 is 0 Å². The van der Waals surface area contributed by atoms with Crippen molar-refractivity contribution in [2.75, 3.05) is 18.9 Å². The molecule has 1 aromatic rings. The third kappa shape index (κ3) is 8.12. The number of hydrogen-bond acceptors (Lipinski definition) is 3. The van der Waals surface area contributed by atoms with E-state index in [4.69, 9.17) is 5.11 Å². The molecule has 0 unspecified atom stereocenters. The second-order valence-corrected chi connectivity index (χ2v) is 7.24. The lowest BCUT2D eigenvalue weighted by Crippen LogP contribution is -2.35. The number of carbonyl (C=O) groups excluding carboxylic acids is 1. The van der Waals surface area contributed by atoms with Gasteiger partial charge in [-0.15, -0.1) is 11.8 Å². The summed E-state index contributed by atoms with van der Waals surface area (Å²) in [6, 6.07) is 8.38. The van der Waals surface area contributed by atoms with Gasteiger partial charge in [0.05, 0.1) is 5.75 Å². The SMILES string of the molecule is Cc1cccc(CSCC(=O)NCC(C)(C)CCCO)c1. The monoisotopic (exact) mass is 309 g/mol. The molecule has 0 aliphatic heterocycles. The van der Waals surface area contributed by atoms with Crippen LogP contribution in [0.15, 0.2) is 24.3 Å². The highest BCUT2D eigenvalue weighted by Crippen LogP contribution is 2.21. The van der Waals surface area contributed by atoms with Crippen LogP contribution in [-0.2, 0) is 10.5 Å². The fourth-order valence-electron chi connectivity index (χ4n) is 2.10. The first-order chi connectivity index (χ1) is 9.93. The van der Waals surface area contributed by atoms with Crippen molar-refractivity contribution < 1.29 is 9.90 Å². The maximum atomic E-state index is 11.8. The second-order valence-electron chi connectivity index (χ2n) is 6.25. The van der Waals surface area contributed by atoms with E-state index in [0.717, 1.165) is 18.6 Å². The van der Waals surface area contributed by atoms with Crippen molar-refractivity contribution in [2.45, 2.75) is 39.4 Å². The molecule has 0 saturated heterocycles. The van der Waals surface area contributed by atoms with Crippen LogP contribution in [0.2, 0.25) is 0 Å². The Labute approximate surface area is 132 Å². The molecule has 0 spiro atoms. The largest absolute Gasteiger partial charge is 0.396 e. The molecule has 3 nitrogen and oxygen atoms in total. The summed E-state index contributed by atoms with van der Waals surface area (Å²) in [7, 11) is 0. The average molecular weight is 309 g/mol. The predicted molar refractivity (Wildman–Crippen MR) is 90.5 cm³/mol. The van der Waals surface area contributed by atoms with E-state index in [9.17, 15) is 4.79 Å². The first kappa shape index (κ1) is 18.1. The summed E-state index contributed by atoms with van der Waals surface area (Å²) in [5.74, 6) is 1.44. The summed E-state index contributed by atoms with van der Waals surface area (Å²) in [4.78, 5) is 11.8. The molecule has 118 valence electrons. The average Bonchev–Trinajstić information content (AvgIpc) is 2.43. The Kier molecular flexibility index (Phi) is 7.83. The van der Waals surface area contributed by atoms with Crippen LogP contribution in [0.25, 0.3) is 0 Å². The lowest BCUT2D eigenvalue weighted by Gasteiger charge is -2.24. The maximum Gasteiger partial charge on any atom is 0.230 e. The van der Waals surface area contributed by atoms with Crippen molar-refractivity contribution in [2.24, 2.45) is 5.41 Å². The molecule has 0 fully saturated rings. The zero-order valence-corrected chi connectivity index (χ0v) is 14.1. The van der Waals surface area contributed by atoms with Gasteiger partial charge in [-0.25, -0.2) is 0 Å². The van der Waals surface area contributed by atoms with E-state index in [0.29, 0.717) is 12.3 Å². The minimum absolute atomic E-state index is 0.0413. The number of aliphatic hydroxyl groups is 1. The van der Waals surface area contributed by atoms with Gasteiger partial charge in [0.2, 0.25) is 5.91 Å². The molecule has 0 heterocycles. The number of aliphatic hydroxyl groups excluding tert-OH is 1. The van der Waals surface area contributed by atoms with Gasteiger partial charge in [-0.05, 0) is 30.7 Å². The predicted octanol–water partition coefficient (Wildman–Crippen LogP) is 3.14. The number of hydrogen-bond donors (Lipinski definition) is 2. The molecule has 4 heteroatoms. The van der Waals surface area contributed by atoms with E-state index in [1.807, 2.05) is 0 Å². The van der Waals surface area contributed by atoms with Gasteiger partial charge in [0.25, 0.3) is 0 Å². The quantitative estimate of drug-likeness (QED) is 0.737. The van der Waals surface area contributed by atoms with Gasteiger partial charge >= 0.3 is 0 Å². The summed E-state index contributed by atoms with van der Waals surface area (Å²) < 4.78 is 0. The highest BCUT2D eigenvalue weighted by Gasteiger charge is 2.18. The zero-order chi connectivity index (χ0) is 15.7. The van der Waals surface area contributed by atoms with Crippen LogP contribution < -0.4 is 5.32 Å². The summed E-state index contributed by atoms with van der Waals surface area (Å²) in [6.07, 6.45) is 1.70. The zero-order valence-electron chi connectivity index (χ0n) is 13.3. The highest BCUT2D eigenvalue weighted by atomic mass is 32.2. The topological polar surface area (TPSA) is 49.3 Å². The number of aryl methyl sites for hydroxylation is 1. The Morgan fingerprint density at radius 3 is 2.81 bits per heavy atom. The standard InChI is InChI=1S/C17H27NO2S/c1-14-6-4-7-15(10-14)11-21-12-16(20)18-13-17(2,3)8-5-9-19/h4,6-7,10,19H,5,8-9,11-13H2,1-3H3,(H,18,20). The van der Waals surface area contributed by atoms with Gasteiger partial charge in [-0.2, -0.15) is 0 Å². The Morgan fingerprint density at radius 1 is 1.38 bits per heavy atom. The third-order valence-electron chi connectivity index (χ3n) is 3.36. The van der Waals surface area contributed by atoms with Crippen LogP contribution in [0.3, 0.4) is 0 Å². The first-order valence-corrected chi connectivity index (χ1v) is 8.59. The van der Waals surface area contributed by atoms with Crippen molar-refractivity contribution in [3.8, 4) is 0 Å². The molecule has 0 radical (unpaired) electrons. The van der Waals surface area contributed by atoms with Crippen LogP contribution in [0.4, 0.5) is 0 Å². The second kappa shape index (κ2) is 9.11. The summed E-state index contributed by atoms with van der Waals surface area (Å²) in [6.45, 7) is 7.18. The fraction of sp³-hybridized carbons (Fsp3) is 0.588. The van der Waals surface area contributed by atoms with E-state index in [1.54, 1.807) is 11.8 Å². The molecular weight excluding hydrogens is 282 g/mol. The number of benzene rings is 1. The first-order valence-electron chi connectivity index (χ1n) is 7.44. The molecule has 1 amide bonds. The Bertz CT molecular complexity index is 446. The van der Waals surface area contributed by atoms with E-state index in [1.165, 1.54) is 11.1 Å². The molecule has 0 aliphatic carbocycles. The number of carbonyl (C=O) groups is 1. The van der Waals surface area contributed by atoms with Crippen molar-refractivity contribution in [1.29, 1.82) is 0 Å². The number of nitrogens with one attached hydrogen (secondary N) is 1. The summed E-state index contributed by atoms with van der Waals surface area (Å²) in [5, 5.41) is 11.8.